The second-order valence-electron chi connectivity index (χ2n) is 6.48. The van der Waals surface area contributed by atoms with Gasteiger partial charge >= 0.3 is 0 Å². The van der Waals surface area contributed by atoms with Gasteiger partial charge in [-0.2, -0.15) is 0 Å². The number of aryl methyl sites for hydroxylation is 1. The first kappa shape index (κ1) is 16.8. The van der Waals surface area contributed by atoms with Gasteiger partial charge in [-0.1, -0.05) is 44.9 Å². The summed E-state index contributed by atoms with van der Waals surface area (Å²) in [5.41, 5.74) is 1.20. The van der Waals surface area contributed by atoms with Gasteiger partial charge in [0.1, 0.15) is 12.4 Å². The van der Waals surface area contributed by atoms with Crippen molar-refractivity contribution in [1.82, 2.24) is 0 Å². The van der Waals surface area contributed by atoms with Crippen LogP contribution >= 0.6 is 0 Å². The number of aliphatic hydroxyl groups is 1. The summed E-state index contributed by atoms with van der Waals surface area (Å²) in [7, 11) is -1.81. The quantitative estimate of drug-likeness (QED) is 0.671. The van der Waals surface area contributed by atoms with Gasteiger partial charge < -0.3 is 9.53 Å². The van der Waals surface area contributed by atoms with E-state index in [1.54, 1.807) is 0 Å². The molecule has 0 bridgehead atoms. The molecule has 0 amide bonds. The van der Waals surface area contributed by atoms with Gasteiger partial charge in [0.2, 0.25) is 8.32 Å². The topological polar surface area (TPSA) is 29.5 Å². The number of hydrogen-bond donors (Lipinski definition) is 1. The predicted octanol–water partition coefficient (Wildman–Crippen LogP) is 4.00. The Kier molecular flexibility index (Phi) is 5.85. The van der Waals surface area contributed by atoms with E-state index in [1.165, 1.54) is 5.56 Å². The normalized spacial score (nSPS) is 11.7. The van der Waals surface area contributed by atoms with E-state index in [1.807, 2.05) is 12.1 Å². The molecular formula is C17H26O2Si. The van der Waals surface area contributed by atoms with Crippen LogP contribution in [-0.2, 0) is 6.42 Å². The first-order chi connectivity index (χ1) is 9.28. The number of rotatable bonds is 4. The van der Waals surface area contributed by atoms with E-state index in [4.69, 9.17) is 9.53 Å². The zero-order valence-corrected chi connectivity index (χ0v) is 14.3. The van der Waals surface area contributed by atoms with Gasteiger partial charge in [-0.05, 0) is 36.2 Å². The van der Waals surface area contributed by atoms with Crippen LogP contribution in [0.3, 0.4) is 0 Å². The Hall–Kier alpha value is -1.24. The SMILES string of the molecule is CC(C)(C)[Si](C)(C)Oc1ccccc1CCC#CCO. The fourth-order valence-corrected chi connectivity index (χ4v) is 2.63. The summed E-state index contributed by atoms with van der Waals surface area (Å²) in [5.74, 6) is 6.63. The van der Waals surface area contributed by atoms with Crippen molar-refractivity contribution in [2.45, 2.75) is 51.7 Å². The van der Waals surface area contributed by atoms with Crippen LogP contribution in [0.5, 0.6) is 5.75 Å². The first-order valence-corrected chi connectivity index (χ1v) is 10.0. The minimum atomic E-state index is -1.81. The third kappa shape index (κ3) is 4.70. The molecule has 0 saturated heterocycles. The Morgan fingerprint density at radius 2 is 1.80 bits per heavy atom. The van der Waals surface area contributed by atoms with E-state index in [-0.39, 0.29) is 11.6 Å². The second-order valence-corrected chi connectivity index (χ2v) is 11.2. The van der Waals surface area contributed by atoms with Gasteiger partial charge in [0, 0.05) is 6.42 Å². The Morgan fingerprint density at radius 1 is 1.15 bits per heavy atom. The van der Waals surface area contributed by atoms with Crippen LogP contribution in [0.2, 0.25) is 18.1 Å². The number of benzene rings is 1. The minimum Gasteiger partial charge on any atom is -0.543 e. The van der Waals surface area contributed by atoms with Crippen LogP contribution in [-0.4, -0.2) is 20.0 Å². The molecule has 0 atom stereocenters. The van der Waals surface area contributed by atoms with Gasteiger partial charge in [0.15, 0.2) is 0 Å². The van der Waals surface area contributed by atoms with Crippen molar-refractivity contribution in [2.24, 2.45) is 0 Å². The van der Waals surface area contributed by atoms with Crippen molar-refractivity contribution in [2.75, 3.05) is 6.61 Å². The molecule has 1 aromatic carbocycles. The monoisotopic (exact) mass is 290 g/mol. The molecule has 2 nitrogen and oxygen atoms in total. The van der Waals surface area contributed by atoms with Gasteiger partial charge in [-0.25, -0.2) is 0 Å². The predicted molar refractivity (Wildman–Crippen MR) is 87.4 cm³/mol. The molecule has 0 fully saturated rings. The Labute approximate surface area is 124 Å². The molecule has 0 saturated carbocycles. The Morgan fingerprint density at radius 3 is 2.40 bits per heavy atom. The van der Waals surface area contributed by atoms with Crippen LogP contribution in [0.4, 0.5) is 0 Å². The summed E-state index contributed by atoms with van der Waals surface area (Å²) in [6.45, 7) is 11.2. The van der Waals surface area contributed by atoms with Crippen molar-refractivity contribution in [3.63, 3.8) is 0 Å². The van der Waals surface area contributed by atoms with Crippen molar-refractivity contribution >= 4 is 8.32 Å². The maximum Gasteiger partial charge on any atom is 0.250 e. The fraction of sp³-hybridized carbons (Fsp3) is 0.529. The molecule has 0 aliphatic heterocycles. The highest BCUT2D eigenvalue weighted by atomic mass is 28.4. The largest absolute Gasteiger partial charge is 0.543 e. The number of para-hydroxylation sites is 1. The van der Waals surface area contributed by atoms with Gasteiger partial charge in [-0.3, -0.25) is 0 Å². The van der Waals surface area contributed by atoms with Crippen molar-refractivity contribution in [3.8, 4) is 17.6 Å². The third-order valence-corrected chi connectivity index (χ3v) is 8.21. The Bertz CT molecular complexity index is 490. The maximum absolute atomic E-state index is 8.67. The smallest absolute Gasteiger partial charge is 0.250 e. The summed E-state index contributed by atoms with van der Waals surface area (Å²) >= 11 is 0. The highest BCUT2D eigenvalue weighted by molar-refractivity contribution is 6.74. The highest BCUT2D eigenvalue weighted by Gasteiger charge is 2.39. The summed E-state index contributed by atoms with van der Waals surface area (Å²) in [4.78, 5) is 0. The fourth-order valence-electron chi connectivity index (χ4n) is 1.58. The lowest BCUT2D eigenvalue weighted by Crippen LogP contribution is -2.44. The van der Waals surface area contributed by atoms with Crippen LogP contribution < -0.4 is 4.43 Å². The molecule has 1 N–H and O–H groups in total. The third-order valence-electron chi connectivity index (χ3n) is 3.87. The molecule has 0 aliphatic carbocycles. The van der Waals surface area contributed by atoms with Crippen molar-refractivity contribution in [1.29, 1.82) is 0 Å². The van der Waals surface area contributed by atoms with E-state index in [0.29, 0.717) is 0 Å². The lowest BCUT2D eigenvalue weighted by Gasteiger charge is -2.37. The van der Waals surface area contributed by atoms with E-state index in [9.17, 15) is 0 Å². The molecule has 0 unspecified atom stereocenters. The Balaban J connectivity index is 2.85. The summed E-state index contributed by atoms with van der Waals surface area (Å²) < 4.78 is 6.40. The minimum absolute atomic E-state index is 0.0673. The average Bonchev–Trinajstić information content (AvgIpc) is 2.35. The van der Waals surface area contributed by atoms with Crippen molar-refractivity contribution in [3.05, 3.63) is 29.8 Å². The summed E-state index contributed by atoms with van der Waals surface area (Å²) in [5, 5.41) is 8.86. The van der Waals surface area contributed by atoms with E-state index < -0.39 is 8.32 Å². The van der Waals surface area contributed by atoms with E-state index in [0.717, 1.165) is 18.6 Å². The summed E-state index contributed by atoms with van der Waals surface area (Å²) in [6, 6.07) is 8.21. The van der Waals surface area contributed by atoms with E-state index >= 15 is 0 Å². The van der Waals surface area contributed by atoms with Crippen molar-refractivity contribution < 1.29 is 9.53 Å². The van der Waals surface area contributed by atoms with Gasteiger partial charge in [-0.15, -0.1) is 5.92 Å². The summed E-state index contributed by atoms with van der Waals surface area (Å²) in [6.07, 6.45) is 1.61. The van der Waals surface area contributed by atoms with Crippen LogP contribution in [0, 0.1) is 11.8 Å². The molecular weight excluding hydrogens is 264 g/mol. The molecule has 1 rings (SSSR count). The van der Waals surface area contributed by atoms with Crippen LogP contribution in [0.1, 0.15) is 32.8 Å². The second kappa shape index (κ2) is 6.96. The maximum atomic E-state index is 8.67. The van der Waals surface area contributed by atoms with Gasteiger partial charge in [0.25, 0.3) is 0 Å². The highest BCUT2D eigenvalue weighted by Crippen LogP contribution is 2.38. The number of aliphatic hydroxyl groups excluding tert-OH is 1. The molecule has 0 aliphatic rings. The molecule has 0 heterocycles. The average molecular weight is 290 g/mol. The van der Waals surface area contributed by atoms with E-state index in [2.05, 4.69) is 57.8 Å². The molecule has 20 heavy (non-hydrogen) atoms. The van der Waals surface area contributed by atoms with Crippen LogP contribution in [0.15, 0.2) is 24.3 Å². The number of hydrogen-bond acceptors (Lipinski definition) is 2. The first-order valence-electron chi connectivity index (χ1n) is 7.11. The standard InChI is InChI=1S/C17H26O2Si/c1-17(2,3)20(4,5)19-16-13-9-8-12-15(16)11-7-6-10-14-18/h8-9,12-13,18H,7,11,14H2,1-5H3. The lowest BCUT2D eigenvalue weighted by atomic mass is 10.1. The zero-order valence-electron chi connectivity index (χ0n) is 13.3. The molecule has 110 valence electrons. The van der Waals surface area contributed by atoms with Gasteiger partial charge in [0.05, 0.1) is 0 Å². The molecule has 1 aromatic rings. The zero-order chi connectivity index (χ0) is 15.2. The molecule has 3 heteroatoms. The molecule has 0 radical (unpaired) electrons. The molecule has 0 spiro atoms. The lowest BCUT2D eigenvalue weighted by molar-refractivity contribution is 0.350. The molecule has 0 aromatic heterocycles. The van der Waals surface area contributed by atoms with Crippen LogP contribution in [0.25, 0.3) is 0 Å².